The Balaban J connectivity index is 1.55. The maximum absolute atomic E-state index is 8.96. The zero-order valence-electron chi connectivity index (χ0n) is 13.9. The van der Waals surface area contributed by atoms with Crippen molar-refractivity contribution in [2.75, 3.05) is 26.8 Å². The lowest BCUT2D eigenvalue weighted by atomic mass is 9.99. The highest BCUT2D eigenvalue weighted by molar-refractivity contribution is 5.46. The molecule has 1 fully saturated rings. The van der Waals surface area contributed by atoms with E-state index in [0.717, 1.165) is 31.9 Å². The molecule has 1 atom stereocenters. The summed E-state index contributed by atoms with van der Waals surface area (Å²) in [5.74, 6) is 2.79. The zero-order chi connectivity index (χ0) is 16.8. The van der Waals surface area contributed by atoms with Crippen LogP contribution in [-0.2, 0) is 6.54 Å². The number of aromatic amines is 1. The monoisotopic (exact) mass is 326 g/mol. The average Bonchev–Trinajstić information content (AvgIpc) is 3.13. The van der Waals surface area contributed by atoms with Crippen LogP contribution in [0.2, 0.25) is 0 Å². The molecule has 0 spiro atoms. The van der Waals surface area contributed by atoms with Crippen molar-refractivity contribution >= 4 is 0 Å². The molecule has 1 aliphatic rings. The van der Waals surface area contributed by atoms with Gasteiger partial charge in [0.25, 0.3) is 0 Å². The highest BCUT2D eigenvalue weighted by atomic mass is 16.5. The van der Waals surface area contributed by atoms with Crippen molar-refractivity contribution in [3.63, 3.8) is 0 Å². The SMILES string of the molecule is COc1cc(C#N)ccc1OCC1CCCN(Cc2ncc[nH]2)C1. The van der Waals surface area contributed by atoms with Crippen molar-refractivity contribution in [3.05, 3.63) is 42.0 Å². The molecule has 1 saturated heterocycles. The van der Waals surface area contributed by atoms with Crippen molar-refractivity contribution < 1.29 is 9.47 Å². The van der Waals surface area contributed by atoms with Crippen molar-refractivity contribution in [2.24, 2.45) is 5.92 Å². The van der Waals surface area contributed by atoms with Crippen LogP contribution in [0.25, 0.3) is 0 Å². The Morgan fingerprint density at radius 1 is 1.42 bits per heavy atom. The number of aromatic nitrogens is 2. The summed E-state index contributed by atoms with van der Waals surface area (Å²) in [5.41, 5.74) is 0.571. The number of hydrogen-bond acceptors (Lipinski definition) is 5. The Labute approximate surface area is 142 Å². The van der Waals surface area contributed by atoms with Gasteiger partial charge in [-0.3, -0.25) is 4.90 Å². The molecule has 1 aliphatic heterocycles. The molecular weight excluding hydrogens is 304 g/mol. The van der Waals surface area contributed by atoms with Gasteiger partial charge in [0.15, 0.2) is 11.5 Å². The lowest BCUT2D eigenvalue weighted by Crippen LogP contribution is -2.37. The highest BCUT2D eigenvalue weighted by Gasteiger charge is 2.21. The summed E-state index contributed by atoms with van der Waals surface area (Å²) in [6, 6.07) is 7.38. The van der Waals surface area contributed by atoms with Crippen LogP contribution in [0.3, 0.4) is 0 Å². The number of likely N-dealkylation sites (tertiary alicyclic amines) is 1. The Morgan fingerprint density at radius 3 is 3.08 bits per heavy atom. The van der Waals surface area contributed by atoms with E-state index in [4.69, 9.17) is 14.7 Å². The van der Waals surface area contributed by atoms with Crippen molar-refractivity contribution in [2.45, 2.75) is 19.4 Å². The number of H-pyrrole nitrogens is 1. The highest BCUT2D eigenvalue weighted by Crippen LogP contribution is 2.29. The van der Waals surface area contributed by atoms with Gasteiger partial charge in [-0.1, -0.05) is 0 Å². The summed E-state index contributed by atoms with van der Waals surface area (Å²) in [5, 5.41) is 8.96. The molecule has 3 rings (SSSR count). The summed E-state index contributed by atoms with van der Waals surface area (Å²) < 4.78 is 11.3. The number of methoxy groups -OCH3 is 1. The summed E-state index contributed by atoms with van der Waals surface area (Å²) in [4.78, 5) is 9.86. The average molecular weight is 326 g/mol. The van der Waals surface area contributed by atoms with Crippen molar-refractivity contribution in [1.29, 1.82) is 5.26 Å². The number of hydrogen-bond donors (Lipinski definition) is 1. The Kier molecular flexibility index (Phi) is 5.34. The van der Waals surface area contributed by atoms with Crippen LogP contribution in [0.4, 0.5) is 0 Å². The Bertz CT molecular complexity index is 694. The molecule has 0 radical (unpaired) electrons. The summed E-state index contributed by atoms with van der Waals surface area (Å²) >= 11 is 0. The third-order valence-electron chi connectivity index (χ3n) is 4.30. The third kappa shape index (κ3) is 4.06. The van der Waals surface area contributed by atoms with Gasteiger partial charge in [0, 0.05) is 30.9 Å². The third-order valence-corrected chi connectivity index (χ3v) is 4.30. The molecule has 0 aliphatic carbocycles. The van der Waals surface area contributed by atoms with E-state index in [2.05, 4.69) is 20.9 Å². The number of nitriles is 1. The first kappa shape index (κ1) is 16.3. The quantitative estimate of drug-likeness (QED) is 0.883. The predicted octanol–water partition coefficient (Wildman–Crippen LogP) is 2.58. The second-order valence-corrected chi connectivity index (χ2v) is 6.07. The van der Waals surface area contributed by atoms with Crippen LogP contribution in [0.15, 0.2) is 30.6 Å². The van der Waals surface area contributed by atoms with Gasteiger partial charge in [0.05, 0.1) is 31.9 Å². The Hall–Kier alpha value is -2.52. The maximum atomic E-state index is 8.96. The Morgan fingerprint density at radius 2 is 2.33 bits per heavy atom. The van der Waals surface area contributed by atoms with Gasteiger partial charge >= 0.3 is 0 Å². The lowest BCUT2D eigenvalue weighted by Gasteiger charge is -2.32. The first-order valence-electron chi connectivity index (χ1n) is 8.20. The molecule has 0 amide bonds. The van der Waals surface area contributed by atoms with Crippen LogP contribution in [0, 0.1) is 17.2 Å². The number of benzene rings is 1. The number of piperidine rings is 1. The van der Waals surface area contributed by atoms with Crippen LogP contribution < -0.4 is 9.47 Å². The van der Waals surface area contributed by atoms with E-state index in [1.54, 1.807) is 31.5 Å². The van der Waals surface area contributed by atoms with Crippen LogP contribution in [0.5, 0.6) is 11.5 Å². The van der Waals surface area contributed by atoms with E-state index in [9.17, 15) is 0 Å². The number of ether oxygens (including phenoxy) is 2. The molecule has 0 bridgehead atoms. The van der Waals surface area contributed by atoms with E-state index < -0.39 is 0 Å². The van der Waals surface area contributed by atoms with Gasteiger partial charge in [-0.05, 0) is 31.5 Å². The molecule has 6 nitrogen and oxygen atoms in total. The molecule has 1 N–H and O–H groups in total. The van der Waals surface area contributed by atoms with Gasteiger partial charge in [-0.2, -0.15) is 5.26 Å². The molecule has 1 aromatic heterocycles. The summed E-state index contributed by atoms with van der Waals surface area (Å²) in [7, 11) is 1.59. The number of imidazole rings is 1. The number of nitrogens with zero attached hydrogens (tertiary/aromatic N) is 3. The van der Waals surface area contributed by atoms with E-state index in [1.165, 1.54) is 6.42 Å². The topological polar surface area (TPSA) is 74.2 Å². The number of rotatable bonds is 6. The van der Waals surface area contributed by atoms with Crippen LogP contribution in [-0.4, -0.2) is 41.7 Å². The van der Waals surface area contributed by atoms with Gasteiger partial charge in [-0.15, -0.1) is 0 Å². The van der Waals surface area contributed by atoms with E-state index in [0.29, 0.717) is 29.6 Å². The van der Waals surface area contributed by atoms with Gasteiger partial charge < -0.3 is 14.5 Å². The lowest BCUT2D eigenvalue weighted by molar-refractivity contribution is 0.121. The fraction of sp³-hybridized carbons (Fsp3) is 0.444. The second-order valence-electron chi connectivity index (χ2n) is 6.07. The smallest absolute Gasteiger partial charge is 0.162 e. The molecule has 126 valence electrons. The predicted molar refractivity (Wildman–Crippen MR) is 89.8 cm³/mol. The number of nitrogens with one attached hydrogen (secondary N) is 1. The van der Waals surface area contributed by atoms with Gasteiger partial charge in [0.1, 0.15) is 5.82 Å². The first-order valence-corrected chi connectivity index (χ1v) is 8.20. The molecular formula is C18H22N4O2. The van der Waals surface area contributed by atoms with Crippen molar-refractivity contribution in [1.82, 2.24) is 14.9 Å². The molecule has 2 aromatic rings. The van der Waals surface area contributed by atoms with Crippen molar-refractivity contribution in [3.8, 4) is 17.6 Å². The molecule has 24 heavy (non-hydrogen) atoms. The van der Waals surface area contributed by atoms with E-state index >= 15 is 0 Å². The standard InChI is InChI=1S/C18H22N4O2/c1-23-17-9-14(10-19)4-5-16(17)24-13-15-3-2-8-22(11-15)12-18-20-6-7-21-18/h4-7,9,15H,2-3,8,11-13H2,1H3,(H,20,21). The minimum Gasteiger partial charge on any atom is -0.493 e. The van der Waals surface area contributed by atoms with Crippen LogP contribution >= 0.6 is 0 Å². The normalized spacial score (nSPS) is 18.1. The molecule has 1 unspecified atom stereocenters. The largest absolute Gasteiger partial charge is 0.493 e. The first-order chi connectivity index (χ1) is 11.8. The maximum Gasteiger partial charge on any atom is 0.162 e. The summed E-state index contributed by atoms with van der Waals surface area (Å²) in [6.45, 7) is 3.59. The van der Waals surface area contributed by atoms with E-state index in [-0.39, 0.29) is 0 Å². The van der Waals surface area contributed by atoms with Gasteiger partial charge in [0.2, 0.25) is 0 Å². The molecule has 2 heterocycles. The zero-order valence-corrected chi connectivity index (χ0v) is 13.9. The minimum absolute atomic E-state index is 0.481. The fourth-order valence-corrected chi connectivity index (χ4v) is 3.09. The summed E-state index contributed by atoms with van der Waals surface area (Å²) in [6.07, 6.45) is 5.97. The molecule has 0 saturated carbocycles. The van der Waals surface area contributed by atoms with Crippen LogP contribution in [0.1, 0.15) is 24.2 Å². The second kappa shape index (κ2) is 7.84. The fourth-order valence-electron chi connectivity index (χ4n) is 3.09. The van der Waals surface area contributed by atoms with Gasteiger partial charge in [-0.25, -0.2) is 4.98 Å². The van der Waals surface area contributed by atoms with E-state index in [1.807, 2.05) is 6.20 Å². The minimum atomic E-state index is 0.481. The molecule has 6 heteroatoms. The molecule has 1 aromatic carbocycles.